The minimum absolute atomic E-state index is 0.168. The van der Waals surface area contributed by atoms with E-state index in [1.165, 1.54) is 5.56 Å². The van der Waals surface area contributed by atoms with Gasteiger partial charge in [-0.1, -0.05) is 12.1 Å². The van der Waals surface area contributed by atoms with Crippen molar-refractivity contribution in [3.05, 3.63) is 45.4 Å². The Bertz CT molecular complexity index is 522. The second-order valence-electron chi connectivity index (χ2n) is 4.19. The van der Waals surface area contributed by atoms with E-state index in [-0.39, 0.29) is 6.61 Å². The standard InChI is InChI=1S/C14H17NO2S/c1-10-4-3-5-12(8-10)17-9-14-15-11(2)13(18-14)6-7-16/h3-5,8,16H,6-7,9H2,1-2H3. The van der Waals surface area contributed by atoms with E-state index in [0.29, 0.717) is 13.0 Å². The maximum atomic E-state index is 8.94. The molecule has 1 aromatic carbocycles. The molecular formula is C14H17NO2S. The van der Waals surface area contributed by atoms with Crippen LogP contribution in [0.15, 0.2) is 24.3 Å². The molecule has 2 rings (SSSR count). The molecule has 0 saturated carbocycles. The lowest BCUT2D eigenvalue weighted by Gasteiger charge is -2.04. The van der Waals surface area contributed by atoms with Gasteiger partial charge in [0.1, 0.15) is 17.4 Å². The average Bonchev–Trinajstić information content (AvgIpc) is 2.69. The van der Waals surface area contributed by atoms with Gasteiger partial charge >= 0.3 is 0 Å². The number of ether oxygens (including phenoxy) is 1. The van der Waals surface area contributed by atoms with E-state index in [9.17, 15) is 0 Å². The van der Waals surface area contributed by atoms with Crippen molar-refractivity contribution in [2.45, 2.75) is 26.9 Å². The molecular weight excluding hydrogens is 246 g/mol. The van der Waals surface area contributed by atoms with Crippen molar-refractivity contribution >= 4 is 11.3 Å². The summed E-state index contributed by atoms with van der Waals surface area (Å²) >= 11 is 1.61. The summed E-state index contributed by atoms with van der Waals surface area (Å²) in [5, 5.41) is 9.90. The minimum atomic E-state index is 0.168. The van der Waals surface area contributed by atoms with Gasteiger partial charge in [-0.25, -0.2) is 4.98 Å². The van der Waals surface area contributed by atoms with Gasteiger partial charge < -0.3 is 9.84 Å². The Labute approximate surface area is 111 Å². The van der Waals surface area contributed by atoms with Gasteiger partial charge in [-0.3, -0.25) is 0 Å². The SMILES string of the molecule is Cc1cccc(OCc2nc(C)c(CCO)s2)c1. The van der Waals surface area contributed by atoms with Gasteiger partial charge in [-0.05, 0) is 31.5 Å². The summed E-state index contributed by atoms with van der Waals surface area (Å²) in [4.78, 5) is 5.59. The van der Waals surface area contributed by atoms with Gasteiger partial charge in [0.2, 0.25) is 0 Å². The summed E-state index contributed by atoms with van der Waals surface area (Å²) in [5.74, 6) is 0.867. The number of thiazole rings is 1. The third-order valence-electron chi connectivity index (χ3n) is 2.63. The number of hydrogen-bond donors (Lipinski definition) is 1. The second-order valence-corrected chi connectivity index (χ2v) is 5.36. The van der Waals surface area contributed by atoms with E-state index < -0.39 is 0 Å². The number of aliphatic hydroxyl groups excluding tert-OH is 1. The highest BCUT2D eigenvalue weighted by Gasteiger charge is 2.07. The van der Waals surface area contributed by atoms with Crippen LogP contribution in [0, 0.1) is 13.8 Å². The molecule has 0 bridgehead atoms. The van der Waals surface area contributed by atoms with Crippen LogP contribution in [-0.4, -0.2) is 16.7 Å². The Morgan fingerprint density at radius 1 is 1.33 bits per heavy atom. The summed E-state index contributed by atoms with van der Waals surface area (Å²) in [6.45, 7) is 4.67. The van der Waals surface area contributed by atoms with Crippen molar-refractivity contribution in [2.75, 3.05) is 6.61 Å². The van der Waals surface area contributed by atoms with E-state index >= 15 is 0 Å². The molecule has 0 aliphatic heterocycles. The van der Waals surface area contributed by atoms with Crippen molar-refractivity contribution in [1.29, 1.82) is 0 Å². The molecule has 1 aromatic heterocycles. The Kier molecular flexibility index (Phi) is 4.33. The van der Waals surface area contributed by atoms with Crippen LogP contribution in [0.2, 0.25) is 0 Å². The third-order valence-corrected chi connectivity index (χ3v) is 3.82. The Balaban J connectivity index is 2.00. The zero-order valence-corrected chi connectivity index (χ0v) is 11.5. The zero-order chi connectivity index (χ0) is 13.0. The van der Waals surface area contributed by atoms with E-state index in [1.807, 2.05) is 38.1 Å². The van der Waals surface area contributed by atoms with Crippen molar-refractivity contribution in [2.24, 2.45) is 0 Å². The first-order valence-corrected chi connectivity index (χ1v) is 6.76. The molecule has 0 amide bonds. The lowest BCUT2D eigenvalue weighted by molar-refractivity contribution is 0.300. The van der Waals surface area contributed by atoms with Crippen LogP contribution in [0.5, 0.6) is 5.75 Å². The summed E-state index contributed by atoms with van der Waals surface area (Å²) in [6, 6.07) is 7.98. The van der Waals surface area contributed by atoms with Gasteiger partial charge in [-0.2, -0.15) is 0 Å². The number of benzene rings is 1. The Hall–Kier alpha value is -1.39. The number of aryl methyl sites for hydroxylation is 2. The molecule has 1 heterocycles. The van der Waals surface area contributed by atoms with Crippen molar-refractivity contribution in [3.8, 4) is 5.75 Å². The summed E-state index contributed by atoms with van der Waals surface area (Å²) in [7, 11) is 0. The number of aliphatic hydroxyl groups is 1. The predicted octanol–water partition coefficient (Wildman–Crippen LogP) is 2.87. The highest BCUT2D eigenvalue weighted by Crippen LogP contribution is 2.21. The smallest absolute Gasteiger partial charge is 0.140 e. The zero-order valence-electron chi connectivity index (χ0n) is 10.6. The minimum Gasteiger partial charge on any atom is -0.486 e. The lowest BCUT2D eigenvalue weighted by atomic mass is 10.2. The normalized spacial score (nSPS) is 10.6. The molecule has 0 aliphatic carbocycles. The van der Waals surface area contributed by atoms with E-state index in [0.717, 1.165) is 21.3 Å². The van der Waals surface area contributed by atoms with Crippen LogP contribution in [0.25, 0.3) is 0 Å². The first-order valence-electron chi connectivity index (χ1n) is 5.94. The lowest BCUT2D eigenvalue weighted by Crippen LogP contribution is -1.94. The molecule has 3 nitrogen and oxygen atoms in total. The predicted molar refractivity (Wildman–Crippen MR) is 73.2 cm³/mol. The summed E-state index contributed by atoms with van der Waals surface area (Å²) in [5.41, 5.74) is 2.18. The van der Waals surface area contributed by atoms with Crippen molar-refractivity contribution < 1.29 is 9.84 Å². The summed E-state index contributed by atoms with van der Waals surface area (Å²) < 4.78 is 5.70. The van der Waals surface area contributed by atoms with Crippen LogP contribution in [0.4, 0.5) is 0 Å². The maximum absolute atomic E-state index is 8.94. The van der Waals surface area contributed by atoms with Gasteiger partial charge in [-0.15, -0.1) is 11.3 Å². The number of hydrogen-bond acceptors (Lipinski definition) is 4. The molecule has 1 N–H and O–H groups in total. The van der Waals surface area contributed by atoms with E-state index in [1.54, 1.807) is 11.3 Å². The highest BCUT2D eigenvalue weighted by atomic mass is 32.1. The Morgan fingerprint density at radius 2 is 2.17 bits per heavy atom. The van der Waals surface area contributed by atoms with Crippen molar-refractivity contribution in [3.63, 3.8) is 0 Å². The molecule has 0 radical (unpaired) electrons. The van der Waals surface area contributed by atoms with Crippen LogP contribution in [0.3, 0.4) is 0 Å². The van der Waals surface area contributed by atoms with Crippen LogP contribution >= 0.6 is 11.3 Å². The van der Waals surface area contributed by atoms with Crippen LogP contribution in [-0.2, 0) is 13.0 Å². The molecule has 96 valence electrons. The van der Waals surface area contributed by atoms with Crippen LogP contribution < -0.4 is 4.74 Å². The fourth-order valence-corrected chi connectivity index (χ4v) is 2.71. The van der Waals surface area contributed by atoms with E-state index in [4.69, 9.17) is 9.84 Å². The molecule has 2 aromatic rings. The van der Waals surface area contributed by atoms with Crippen molar-refractivity contribution in [1.82, 2.24) is 4.98 Å². The monoisotopic (exact) mass is 263 g/mol. The third kappa shape index (κ3) is 3.31. The topological polar surface area (TPSA) is 42.4 Å². The molecule has 0 unspecified atom stereocenters. The molecule has 18 heavy (non-hydrogen) atoms. The van der Waals surface area contributed by atoms with Gasteiger partial charge in [0.05, 0.1) is 5.69 Å². The number of nitrogens with zero attached hydrogens (tertiary/aromatic N) is 1. The van der Waals surface area contributed by atoms with Gasteiger partial charge in [0, 0.05) is 17.9 Å². The molecule has 4 heteroatoms. The van der Waals surface area contributed by atoms with Gasteiger partial charge in [0.25, 0.3) is 0 Å². The Morgan fingerprint density at radius 3 is 2.89 bits per heavy atom. The molecule has 0 saturated heterocycles. The van der Waals surface area contributed by atoms with Gasteiger partial charge in [0.15, 0.2) is 0 Å². The first kappa shape index (κ1) is 13.1. The fourth-order valence-electron chi connectivity index (χ4n) is 1.73. The molecule has 0 aliphatic rings. The molecule has 0 atom stereocenters. The maximum Gasteiger partial charge on any atom is 0.140 e. The second kappa shape index (κ2) is 5.98. The highest BCUT2D eigenvalue weighted by molar-refractivity contribution is 7.11. The van der Waals surface area contributed by atoms with Crippen LogP contribution in [0.1, 0.15) is 21.1 Å². The fraction of sp³-hybridized carbons (Fsp3) is 0.357. The quantitative estimate of drug-likeness (QED) is 0.902. The first-order chi connectivity index (χ1) is 8.69. The molecule has 0 spiro atoms. The summed E-state index contributed by atoms with van der Waals surface area (Å²) in [6.07, 6.45) is 0.675. The average molecular weight is 263 g/mol. The van der Waals surface area contributed by atoms with E-state index in [2.05, 4.69) is 4.98 Å². The number of rotatable bonds is 5. The molecule has 0 fully saturated rings. The largest absolute Gasteiger partial charge is 0.486 e. The number of aromatic nitrogens is 1.